The summed E-state index contributed by atoms with van der Waals surface area (Å²) in [6, 6.07) is 51.4. The molecule has 8 rings (SSSR count). The minimum absolute atomic E-state index is 0.636. The van der Waals surface area contributed by atoms with E-state index in [1.807, 2.05) is 85.5 Å². The van der Waals surface area contributed by atoms with Gasteiger partial charge in [0.05, 0.1) is 0 Å². The van der Waals surface area contributed by atoms with Crippen LogP contribution in [0.2, 0.25) is 0 Å². The molecule has 1 aliphatic heterocycles. The van der Waals surface area contributed by atoms with Crippen molar-refractivity contribution in [2.24, 2.45) is 0 Å². The molecular weight excluding hydrogens is 569 g/mol. The largest absolute Gasteiger partial charge is 0.314 e. The Balaban J connectivity index is 1.09. The highest BCUT2D eigenvalue weighted by Gasteiger charge is 2.34. The molecular formula is C40H28N3OP. The molecule has 1 aromatic heterocycles. The molecule has 0 amide bonds. The Labute approximate surface area is 262 Å². The van der Waals surface area contributed by atoms with Crippen LogP contribution in [0.1, 0.15) is 0 Å². The second-order valence-electron chi connectivity index (χ2n) is 11.4. The summed E-state index contributed by atoms with van der Waals surface area (Å²) in [5.74, 6) is 1.93. The van der Waals surface area contributed by atoms with Crippen LogP contribution in [0.15, 0.2) is 152 Å². The maximum Gasteiger partial charge on any atom is 0.164 e. The van der Waals surface area contributed by atoms with Gasteiger partial charge in [-0.15, -0.1) is 0 Å². The monoisotopic (exact) mass is 597 g/mol. The molecule has 0 bridgehead atoms. The Hall–Kier alpha value is -5.44. The van der Waals surface area contributed by atoms with Crippen LogP contribution in [0.5, 0.6) is 0 Å². The van der Waals surface area contributed by atoms with Crippen molar-refractivity contribution < 1.29 is 4.57 Å². The van der Waals surface area contributed by atoms with Gasteiger partial charge in [0.15, 0.2) is 17.5 Å². The molecule has 0 saturated carbocycles. The zero-order valence-corrected chi connectivity index (χ0v) is 25.5. The SMILES string of the molecule is CP1(=O)c2ccccc2-c2ccc(-c3ccc(-c4ccc(-c5nc(-c6ccccc6)nc(-c6ccccc6)n5)cc4)cc3)cc21. The van der Waals surface area contributed by atoms with Gasteiger partial charge < -0.3 is 4.57 Å². The van der Waals surface area contributed by atoms with Gasteiger partial charge in [0.25, 0.3) is 0 Å². The highest BCUT2D eigenvalue weighted by molar-refractivity contribution is 7.79. The van der Waals surface area contributed by atoms with Gasteiger partial charge in [0.2, 0.25) is 0 Å². The van der Waals surface area contributed by atoms with Crippen molar-refractivity contribution in [3.8, 4) is 67.5 Å². The molecule has 1 aliphatic rings. The summed E-state index contributed by atoms with van der Waals surface area (Å²) in [7, 11) is -2.61. The van der Waals surface area contributed by atoms with Crippen molar-refractivity contribution in [1.82, 2.24) is 15.0 Å². The standard InChI is InChI=1S/C40H28N3OP/c1-45(44)36-15-9-8-14-34(36)35-25-24-33(26-37(35)45)29-18-16-27(17-19-29)28-20-22-32(23-21-28)40-42-38(30-10-4-2-5-11-30)41-39(43-40)31-12-6-3-7-13-31/h2-26H,1H3. The molecule has 0 fully saturated rings. The molecule has 0 N–H and O–H groups in total. The van der Waals surface area contributed by atoms with E-state index < -0.39 is 7.14 Å². The Morgan fingerprint density at radius 2 is 0.756 bits per heavy atom. The molecule has 214 valence electrons. The first-order chi connectivity index (χ1) is 22.0. The zero-order valence-electron chi connectivity index (χ0n) is 24.6. The highest BCUT2D eigenvalue weighted by atomic mass is 31.2. The van der Waals surface area contributed by atoms with Crippen LogP contribution in [-0.4, -0.2) is 21.6 Å². The van der Waals surface area contributed by atoms with Crippen LogP contribution in [0, 0.1) is 0 Å². The topological polar surface area (TPSA) is 55.7 Å². The predicted octanol–water partition coefficient (Wildman–Crippen LogP) is 9.13. The van der Waals surface area contributed by atoms with Crippen molar-refractivity contribution >= 4 is 17.8 Å². The maximum absolute atomic E-state index is 13.8. The van der Waals surface area contributed by atoms with Crippen molar-refractivity contribution in [1.29, 1.82) is 0 Å². The van der Waals surface area contributed by atoms with Gasteiger partial charge >= 0.3 is 0 Å². The lowest BCUT2D eigenvalue weighted by molar-refractivity contribution is 0.591. The zero-order chi connectivity index (χ0) is 30.4. The van der Waals surface area contributed by atoms with Gasteiger partial charge in [0, 0.05) is 27.3 Å². The summed E-state index contributed by atoms with van der Waals surface area (Å²) in [4.78, 5) is 14.5. The lowest BCUT2D eigenvalue weighted by Crippen LogP contribution is -2.08. The molecule has 1 unspecified atom stereocenters. The first-order valence-electron chi connectivity index (χ1n) is 14.9. The van der Waals surface area contributed by atoms with E-state index in [-0.39, 0.29) is 0 Å². The second-order valence-corrected chi connectivity index (χ2v) is 14.2. The fourth-order valence-corrected chi connectivity index (χ4v) is 8.42. The van der Waals surface area contributed by atoms with Gasteiger partial charge in [-0.3, -0.25) is 0 Å². The van der Waals surface area contributed by atoms with Crippen molar-refractivity contribution in [2.75, 3.05) is 6.66 Å². The fourth-order valence-electron chi connectivity index (χ4n) is 6.10. The normalized spacial score (nSPS) is 15.0. The maximum atomic E-state index is 13.8. The second kappa shape index (κ2) is 10.9. The van der Waals surface area contributed by atoms with Crippen LogP contribution in [0.3, 0.4) is 0 Å². The average molecular weight is 598 g/mol. The van der Waals surface area contributed by atoms with Crippen LogP contribution in [-0.2, 0) is 4.57 Å². The van der Waals surface area contributed by atoms with E-state index in [1.54, 1.807) is 0 Å². The van der Waals surface area contributed by atoms with Crippen molar-refractivity contribution in [2.45, 2.75) is 0 Å². The molecule has 0 aliphatic carbocycles. The molecule has 4 nitrogen and oxygen atoms in total. The van der Waals surface area contributed by atoms with Crippen molar-refractivity contribution in [3.63, 3.8) is 0 Å². The molecule has 0 spiro atoms. The van der Waals surface area contributed by atoms with E-state index in [1.165, 1.54) is 0 Å². The number of benzene rings is 6. The summed E-state index contributed by atoms with van der Waals surface area (Å²) in [5.41, 5.74) is 9.39. The third kappa shape index (κ3) is 4.90. The number of hydrogen-bond donors (Lipinski definition) is 0. The number of nitrogens with zero attached hydrogens (tertiary/aromatic N) is 3. The van der Waals surface area contributed by atoms with E-state index >= 15 is 0 Å². The lowest BCUT2D eigenvalue weighted by Gasteiger charge is -2.11. The number of fused-ring (bicyclic) bond motifs is 3. The summed E-state index contributed by atoms with van der Waals surface area (Å²) >= 11 is 0. The Morgan fingerprint density at radius 1 is 0.378 bits per heavy atom. The predicted molar refractivity (Wildman–Crippen MR) is 185 cm³/mol. The molecule has 0 radical (unpaired) electrons. The quantitative estimate of drug-likeness (QED) is 0.186. The Morgan fingerprint density at radius 3 is 1.29 bits per heavy atom. The molecule has 7 aromatic rings. The first kappa shape index (κ1) is 27.1. The van der Waals surface area contributed by atoms with E-state index in [2.05, 4.69) is 72.8 Å². The molecule has 2 heterocycles. The lowest BCUT2D eigenvalue weighted by atomic mass is 9.97. The van der Waals surface area contributed by atoms with Crippen LogP contribution >= 0.6 is 7.14 Å². The van der Waals surface area contributed by atoms with Crippen LogP contribution < -0.4 is 10.6 Å². The number of aromatic nitrogens is 3. The van der Waals surface area contributed by atoms with E-state index in [0.29, 0.717) is 17.5 Å². The smallest absolute Gasteiger partial charge is 0.164 e. The Bertz CT molecular complexity index is 2170. The molecule has 45 heavy (non-hydrogen) atoms. The average Bonchev–Trinajstić information content (AvgIpc) is 3.34. The van der Waals surface area contributed by atoms with E-state index in [9.17, 15) is 4.57 Å². The minimum Gasteiger partial charge on any atom is -0.314 e. The van der Waals surface area contributed by atoms with Gasteiger partial charge in [-0.2, -0.15) is 0 Å². The summed E-state index contributed by atoms with van der Waals surface area (Å²) < 4.78 is 13.8. The van der Waals surface area contributed by atoms with Gasteiger partial charge in [-0.1, -0.05) is 146 Å². The van der Waals surface area contributed by atoms with Crippen LogP contribution in [0.25, 0.3) is 67.5 Å². The summed E-state index contributed by atoms with van der Waals surface area (Å²) in [6.45, 7) is 1.89. The number of hydrogen-bond acceptors (Lipinski definition) is 4. The third-order valence-electron chi connectivity index (χ3n) is 8.51. The number of rotatable bonds is 5. The minimum atomic E-state index is -2.61. The summed E-state index contributed by atoms with van der Waals surface area (Å²) in [5, 5.41) is 1.91. The van der Waals surface area contributed by atoms with Gasteiger partial charge in [-0.05, 0) is 46.1 Å². The summed E-state index contributed by atoms with van der Waals surface area (Å²) in [6.07, 6.45) is 0. The fraction of sp³-hybridized carbons (Fsp3) is 0.0250. The van der Waals surface area contributed by atoms with Gasteiger partial charge in [0.1, 0.15) is 7.14 Å². The van der Waals surface area contributed by atoms with E-state index in [0.717, 1.165) is 60.7 Å². The van der Waals surface area contributed by atoms with Crippen LogP contribution in [0.4, 0.5) is 0 Å². The first-order valence-corrected chi connectivity index (χ1v) is 17.1. The molecule has 1 atom stereocenters. The van der Waals surface area contributed by atoms with Gasteiger partial charge in [-0.25, -0.2) is 15.0 Å². The highest BCUT2D eigenvalue weighted by Crippen LogP contribution is 2.50. The molecule has 6 aromatic carbocycles. The molecule has 0 saturated heterocycles. The van der Waals surface area contributed by atoms with E-state index in [4.69, 9.17) is 15.0 Å². The third-order valence-corrected chi connectivity index (χ3v) is 11.1. The molecule has 5 heteroatoms. The van der Waals surface area contributed by atoms with Crippen molar-refractivity contribution in [3.05, 3.63) is 152 Å². The Kier molecular flexibility index (Phi) is 6.59.